The molecule has 3 aromatic rings. The van der Waals surface area contributed by atoms with E-state index in [-0.39, 0.29) is 16.8 Å². The number of nitrogens with zero attached hydrogens (tertiary/aromatic N) is 3. The standard InChI is InChI=1S/C21H18ClFN4O2S/c22-15-6-1-4-13(10-15)21(29)27-9-3-5-14(12-27)19-25-26-20(30-19)18(28)24-17-8-2-7-16(23)11-17/h1-2,4,6-8,10-11,14H,3,5,9,12H2,(H,24,28). The second kappa shape index (κ2) is 8.89. The van der Waals surface area contributed by atoms with Crippen LogP contribution in [0.5, 0.6) is 0 Å². The van der Waals surface area contributed by atoms with Gasteiger partial charge in [0.1, 0.15) is 10.8 Å². The number of amides is 2. The Hall–Kier alpha value is -2.84. The van der Waals surface area contributed by atoms with Crippen molar-refractivity contribution in [2.45, 2.75) is 18.8 Å². The normalized spacial score (nSPS) is 16.3. The fourth-order valence-electron chi connectivity index (χ4n) is 3.41. The van der Waals surface area contributed by atoms with E-state index in [0.29, 0.717) is 34.4 Å². The number of hydrogen-bond donors (Lipinski definition) is 1. The highest BCUT2D eigenvalue weighted by atomic mass is 35.5. The number of hydrogen-bond acceptors (Lipinski definition) is 5. The van der Waals surface area contributed by atoms with Crippen molar-refractivity contribution < 1.29 is 14.0 Å². The van der Waals surface area contributed by atoms with E-state index in [9.17, 15) is 14.0 Å². The van der Waals surface area contributed by atoms with Crippen LogP contribution in [0.2, 0.25) is 5.02 Å². The summed E-state index contributed by atoms with van der Waals surface area (Å²) in [6, 6.07) is 12.6. The van der Waals surface area contributed by atoms with Gasteiger partial charge in [-0.15, -0.1) is 10.2 Å². The van der Waals surface area contributed by atoms with Gasteiger partial charge < -0.3 is 10.2 Å². The van der Waals surface area contributed by atoms with Crippen molar-refractivity contribution in [1.82, 2.24) is 15.1 Å². The summed E-state index contributed by atoms with van der Waals surface area (Å²) in [5, 5.41) is 12.2. The number of nitrogens with one attached hydrogen (secondary N) is 1. The second-order valence-electron chi connectivity index (χ2n) is 7.01. The number of carbonyl (C=O) groups excluding carboxylic acids is 2. The molecule has 1 saturated heterocycles. The average Bonchev–Trinajstić information content (AvgIpc) is 3.24. The molecule has 1 fully saturated rings. The molecule has 1 atom stereocenters. The van der Waals surface area contributed by atoms with E-state index in [1.54, 1.807) is 35.2 Å². The third-order valence-electron chi connectivity index (χ3n) is 4.85. The SMILES string of the molecule is O=C(Nc1cccc(F)c1)c1nnc(C2CCCN(C(=O)c3cccc(Cl)c3)C2)s1. The summed E-state index contributed by atoms with van der Waals surface area (Å²) < 4.78 is 13.3. The number of likely N-dealkylation sites (tertiary alicyclic amines) is 1. The van der Waals surface area contributed by atoms with Crippen molar-refractivity contribution in [3.63, 3.8) is 0 Å². The van der Waals surface area contributed by atoms with Crippen molar-refractivity contribution in [2.75, 3.05) is 18.4 Å². The Bertz CT molecular complexity index is 1090. The van der Waals surface area contributed by atoms with Crippen LogP contribution in [0.1, 0.15) is 43.9 Å². The minimum Gasteiger partial charge on any atom is -0.338 e. The van der Waals surface area contributed by atoms with Crippen LogP contribution in [0.4, 0.5) is 10.1 Å². The van der Waals surface area contributed by atoms with Gasteiger partial charge in [-0.1, -0.05) is 35.1 Å². The quantitative estimate of drug-likeness (QED) is 0.638. The highest BCUT2D eigenvalue weighted by molar-refractivity contribution is 7.13. The Morgan fingerprint density at radius 2 is 2.00 bits per heavy atom. The van der Waals surface area contributed by atoms with E-state index in [4.69, 9.17) is 11.6 Å². The number of rotatable bonds is 4. The predicted octanol–water partition coefficient (Wildman–Crippen LogP) is 4.60. The zero-order valence-corrected chi connectivity index (χ0v) is 17.4. The molecule has 2 amide bonds. The Labute approximate surface area is 181 Å². The highest BCUT2D eigenvalue weighted by Crippen LogP contribution is 2.30. The highest BCUT2D eigenvalue weighted by Gasteiger charge is 2.28. The maximum Gasteiger partial charge on any atom is 0.286 e. The fraction of sp³-hybridized carbons (Fsp3) is 0.238. The first-order valence-corrected chi connectivity index (χ1v) is 10.6. The van der Waals surface area contributed by atoms with Crippen LogP contribution in [0.15, 0.2) is 48.5 Å². The maximum atomic E-state index is 13.3. The summed E-state index contributed by atoms with van der Waals surface area (Å²) in [5.74, 6) is -0.935. The van der Waals surface area contributed by atoms with Gasteiger partial charge >= 0.3 is 0 Å². The summed E-state index contributed by atoms with van der Waals surface area (Å²) in [7, 11) is 0. The number of anilines is 1. The van der Waals surface area contributed by atoms with Crippen LogP contribution in [0, 0.1) is 5.82 Å². The van der Waals surface area contributed by atoms with Gasteiger partial charge in [0.2, 0.25) is 5.01 Å². The number of halogens is 2. The molecule has 0 spiro atoms. The third-order valence-corrected chi connectivity index (χ3v) is 6.17. The maximum absolute atomic E-state index is 13.3. The Balaban J connectivity index is 1.44. The lowest BCUT2D eigenvalue weighted by Gasteiger charge is -2.31. The molecule has 1 unspecified atom stereocenters. The Morgan fingerprint density at radius 3 is 2.80 bits per heavy atom. The van der Waals surface area contributed by atoms with E-state index >= 15 is 0 Å². The summed E-state index contributed by atoms with van der Waals surface area (Å²) in [6.45, 7) is 1.17. The Kier molecular flexibility index (Phi) is 6.06. The first kappa shape index (κ1) is 20.4. The number of aromatic nitrogens is 2. The molecule has 0 aliphatic carbocycles. The molecule has 2 heterocycles. The van der Waals surface area contributed by atoms with Crippen LogP contribution in [0.3, 0.4) is 0 Å². The van der Waals surface area contributed by atoms with Crippen LogP contribution >= 0.6 is 22.9 Å². The van der Waals surface area contributed by atoms with Gasteiger partial charge in [0, 0.05) is 35.3 Å². The lowest BCUT2D eigenvalue weighted by Crippen LogP contribution is -2.39. The van der Waals surface area contributed by atoms with Crippen molar-refractivity contribution in [1.29, 1.82) is 0 Å². The first-order valence-electron chi connectivity index (χ1n) is 9.45. The minimum absolute atomic E-state index is 0.00936. The fourth-order valence-corrected chi connectivity index (χ4v) is 4.46. The molecule has 0 bridgehead atoms. The molecule has 1 aliphatic heterocycles. The monoisotopic (exact) mass is 444 g/mol. The molecule has 30 heavy (non-hydrogen) atoms. The molecule has 1 aromatic heterocycles. The van der Waals surface area contributed by atoms with Crippen molar-refractivity contribution >= 4 is 40.4 Å². The van der Waals surface area contributed by atoms with Crippen molar-refractivity contribution in [3.8, 4) is 0 Å². The smallest absolute Gasteiger partial charge is 0.286 e. The van der Waals surface area contributed by atoms with Gasteiger partial charge in [-0.2, -0.15) is 0 Å². The van der Waals surface area contributed by atoms with Crippen molar-refractivity contribution in [2.24, 2.45) is 0 Å². The van der Waals surface area contributed by atoms with Gasteiger partial charge in [0.05, 0.1) is 0 Å². The van der Waals surface area contributed by atoms with Gasteiger partial charge in [0.15, 0.2) is 0 Å². The molecule has 0 radical (unpaired) electrons. The van der Waals surface area contributed by atoms with Gasteiger partial charge in [-0.25, -0.2) is 4.39 Å². The molecule has 0 saturated carbocycles. The summed E-state index contributed by atoms with van der Waals surface area (Å²) in [4.78, 5) is 27.0. The number of piperidine rings is 1. The van der Waals surface area contributed by atoms with E-state index in [2.05, 4.69) is 15.5 Å². The molecule has 9 heteroatoms. The van der Waals surface area contributed by atoms with E-state index in [1.165, 1.54) is 29.5 Å². The van der Waals surface area contributed by atoms with Crippen LogP contribution in [-0.2, 0) is 0 Å². The average molecular weight is 445 g/mol. The topological polar surface area (TPSA) is 75.2 Å². The van der Waals surface area contributed by atoms with Gasteiger partial charge in [0.25, 0.3) is 11.8 Å². The number of benzene rings is 2. The zero-order chi connectivity index (χ0) is 21.1. The largest absolute Gasteiger partial charge is 0.338 e. The Morgan fingerprint density at radius 1 is 1.17 bits per heavy atom. The van der Waals surface area contributed by atoms with Gasteiger partial charge in [-0.3, -0.25) is 9.59 Å². The molecular weight excluding hydrogens is 427 g/mol. The van der Waals surface area contributed by atoms with Crippen LogP contribution in [-0.4, -0.2) is 40.0 Å². The van der Waals surface area contributed by atoms with E-state index in [0.717, 1.165) is 12.8 Å². The van der Waals surface area contributed by atoms with Crippen molar-refractivity contribution in [3.05, 3.63) is 74.9 Å². The lowest BCUT2D eigenvalue weighted by atomic mass is 9.98. The minimum atomic E-state index is -0.438. The summed E-state index contributed by atoms with van der Waals surface area (Å²) in [5.41, 5.74) is 0.906. The number of carbonyl (C=O) groups is 2. The molecule has 1 aliphatic rings. The van der Waals surface area contributed by atoms with Crippen LogP contribution in [0.25, 0.3) is 0 Å². The molecule has 154 valence electrons. The van der Waals surface area contributed by atoms with E-state index in [1.807, 2.05) is 0 Å². The third kappa shape index (κ3) is 4.66. The van der Waals surface area contributed by atoms with Crippen LogP contribution < -0.4 is 5.32 Å². The first-order chi connectivity index (χ1) is 14.5. The zero-order valence-electron chi connectivity index (χ0n) is 15.8. The van der Waals surface area contributed by atoms with E-state index < -0.39 is 11.7 Å². The lowest BCUT2D eigenvalue weighted by molar-refractivity contribution is 0.0706. The van der Waals surface area contributed by atoms with Gasteiger partial charge in [-0.05, 0) is 49.2 Å². The summed E-state index contributed by atoms with van der Waals surface area (Å²) >= 11 is 7.20. The molecule has 1 N–H and O–H groups in total. The molecule has 6 nitrogen and oxygen atoms in total. The molecular formula is C21H18ClFN4O2S. The molecule has 2 aromatic carbocycles. The second-order valence-corrected chi connectivity index (χ2v) is 8.46. The summed E-state index contributed by atoms with van der Waals surface area (Å²) in [6.07, 6.45) is 1.70. The molecule has 4 rings (SSSR count). The predicted molar refractivity (Wildman–Crippen MR) is 114 cm³/mol.